The third-order valence-electron chi connectivity index (χ3n) is 7.87. The third-order valence-corrected chi connectivity index (χ3v) is 7.87. The molecular formula is C38H66O7. The predicted octanol–water partition coefficient (Wildman–Crippen LogP) is 8.47. The molecule has 4 atom stereocenters. The minimum Gasteiger partial charge on any atom is -0.462 e. The van der Waals surface area contributed by atoms with Crippen molar-refractivity contribution >= 4 is 11.9 Å². The van der Waals surface area contributed by atoms with Gasteiger partial charge in [0.25, 0.3) is 0 Å². The molecule has 0 radical (unpaired) electrons. The lowest BCUT2D eigenvalue weighted by atomic mass is 9.99. The lowest BCUT2D eigenvalue weighted by Crippen LogP contribution is -2.28. The molecule has 7 heteroatoms. The summed E-state index contributed by atoms with van der Waals surface area (Å²) in [4.78, 5) is 24.2. The maximum atomic E-state index is 12.1. The minimum absolute atomic E-state index is 0.135. The van der Waals surface area contributed by atoms with Crippen LogP contribution in [-0.4, -0.2) is 58.8 Å². The van der Waals surface area contributed by atoms with E-state index in [9.17, 15) is 24.9 Å². The van der Waals surface area contributed by atoms with Crippen LogP contribution in [0, 0.1) is 5.92 Å². The quantitative estimate of drug-likeness (QED) is 0.0413. The topological polar surface area (TPSA) is 113 Å². The third kappa shape index (κ3) is 30.2. The molecule has 0 aromatic carbocycles. The molecule has 0 aliphatic heterocycles. The highest BCUT2D eigenvalue weighted by Crippen LogP contribution is 2.15. The van der Waals surface area contributed by atoms with Gasteiger partial charge in [0.15, 0.2) is 6.10 Å². The van der Waals surface area contributed by atoms with Gasteiger partial charge < -0.3 is 24.8 Å². The summed E-state index contributed by atoms with van der Waals surface area (Å²) in [7, 11) is 0. The SMILES string of the molecule is CCCCC[C@H](O)/C=C/C=C\C/C=C\C=C\[C@H](O)CCCC(=O)OC[C@H](CO)OC(=O)CCCCCCCCCCC(C)CC. The average Bonchev–Trinajstić information content (AvgIpc) is 3.02. The fraction of sp³-hybridized carbons (Fsp3) is 0.737. The summed E-state index contributed by atoms with van der Waals surface area (Å²) < 4.78 is 10.4. The number of carbonyl (C=O) groups excluding carboxylic acids is 2. The fourth-order valence-electron chi connectivity index (χ4n) is 4.68. The maximum absolute atomic E-state index is 12.1. The van der Waals surface area contributed by atoms with Gasteiger partial charge >= 0.3 is 11.9 Å². The van der Waals surface area contributed by atoms with Crippen LogP contribution in [0.5, 0.6) is 0 Å². The maximum Gasteiger partial charge on any atom is 0.306 e. The molecule has 0 aromatic rings. The lowest BCUT2D eigenvalue weighted by molar-refractivity contribution is -0.161. The summed E-state index contributed by atoms with van der Waals surface area (Å²) in [6, 6.07) is 0. The Bertz CT molecular complexity index is 817. The molecule has 0 saturated carbocycles. The van der Waals surface area contributed by atoms with Crippen LogP contribution in [0.1, 0.15) is 143 Å². The van der Waals surface area contributed by atoms with Crippen LogP contribution in [0.15, 0.2) is 48.6 Å². The van der Waals surface area contributed by atoms with Crippen molar-refractivity contribution in [2.24, 2.45) is 5.92 Å². The zero-order chi connectivity index (χ0) is 33.4. The molecule has 0 aliphatic carbocycles. The van der Waals surface area contributed by atoms with Crippen molar-refractivity contribution in [2.75, 3.05) is 13.2 Å². The van der Waals surface area contributed by atoms with Crippen molar-refractivity contribution in [2.45, 2.75) is 161 Å². The second kappa shape index (κ2) is 31.7. The average molecular weight is 635 g/mol. The Balaban J connectivity index is 3.88. The number of carbonyl (C=O) groups is 2. The monoisotopic (exact) mass is 634 g/mol. The van der Waals surface area contributed by atoms with E-state index in [4.69, 9.17) is 9.47 Å². The van der Waals surface area contributed by atoms with E-state index in [2.05, 4.69) is 20.8 Å². The first-order chi connectivity index (χ1) is 21.8. The second-order valence-corrected chi connectivity index (χ2v) is 12.2. The molecule has 260 valence electrons. The Morgan fingerprint density at radius 2 is 1.20 bits per heavy atom. The van der Waals surface area contributed by atoms with Gasteiger partial charge in [-0.1, -0.05) is 146 Å². The first-order valence-electron chi connectivity index (χ1n) is 17.8. The van der Waals surface area contributed by atoms with E-state index in [1.807, 2.05) is 36.5 Å². The predicted molar refractivity (Wildman–Crippen MR) is 185 cm³/mol. The Hall–Kier alpha value is -2.22. The van der Waals surface area contributed by atoms with E-state index in [0.717, 1.165) is 57.3 Å². The van der Waals surface area contributed by atoms with Crippen molar-refractivity contribution in [3.8, 4) is 0 Å². The zero-order valence-corrected chi connectivity index (χ0v) is 28.8. The van der Waals surface area contributed by atoms with E-state index in [1.54, 1.807) is 12.2 Å². The van der Waals surface area contributed by atoms with E-state index in [-0.39, 0.29) is 25.1 Å². The van der Waals surface area contributed by atoms with Gasteiger partial charge in [-0.2, -0.15) is 0 Å². The molecule has 7 nitrogen and oxygen atoms in total. The second-order valence-electron chi connectivity index (χ2n) is 12.2. The summed E-state index contributed by atoms with van der Waals surface area (Å²) in [6.07, 6.45) is 31.0. The molecule has 0 amide bonds. The molecule has 0 bridgehead atoms. The molecule has 0 heterocycles. The van der Waals surface area contributed by atoms with E-state index >= 15 is 0 Å². The van der Waals surface area contributed by atoms with Gasteiger partial charge in [0.2, 0.25) is 0 Å². The number of aliphatic hydroxyl groups excluding tert-OH is 3. The van der Waals surface area contributed by atoms with Gasteiger partial charge in [-0.15, -0.1) is 0 Å². The molecule has 3 N–H and O–H groups in total. The Kier molecular flexibility index (Phi) is 30.2. The van der Waals surface area contributed by atoms with Crippen molar-refractivity contribution in [3.63, 3.8) is 0 Å². The van der Waals surface area contributed by atoms with Crippen LogP contribution in [0.3, 0.4) is 0 Å². The van der Waals surface area contributed by atoms with E-state index < -0.39 is 24.8 Å². The van der Waals surface area contributed by atoms with Crippen LogP contribution >= 0.6 is 0 Å². The zero-order valence-electron chi connectivity index (χ0n) is 28.8. The van der Waals surface area contributed by atoms with Gasteiger partial charge in [-0.25, -0.2) is 0 Å². The van der Waals surface area contributed by atoms with Gasteiger partial charge in [-0.3, -0.25) is 9.59 Å². The fourth-order valence-corrected chi connectivity index (χ4v) is 4.68. The van der Waals surface area contributed by atoms with Crippen LogP contribution in [-0.2, 0) is 19.1 Å². The number of allylic oxidation sites excluding steroid dienone is 6. The van der Waals surface area contributed by atoms with E-state index in [0.29, 0.717) is 19.3 Å². The molecule has 0 saturated heterocycles. The summed E-state index contributed by atoms with van der Waals surface area (Å²) >= 11 is 0. The first-order valence-corrected chi connectivity index (χ1v) is 17.8. The molecular weight excluding hydrogens is 568 g/mol. The summed E-state index contributed by atoms with van der Waals surface area (Å²) in [5, 5.41) is 29.4. The molecule has 1 unspecified atom stereocenters. The number of ether oxygens (including phenoxy) is 2. The first kappa shape index (κ1) is 42.8. The van der Waals surface area contributed by atoms with Crippen LogP contribution in [0.4, 0.5) is 0 Å². The number of rotatable bonds is 30. The highest BCUT2D eigenvalue weighted by molar-refractivity contribution is 5.70. The van der Waals surface area contributed by atoms with Gasteiger partial charge in [0.05, 0.1) is 18.8 Å². The minimum atomic E-state index is -0.856. The smallest absolute Gasteiger partial charge is 0.306 e. The van der Waals surface area contributed by atoms with Gasteiger partial charge in [0, 0.05) is 12.8 Å². The summed E-state index contributed by atoms with van der Waals surface area (Å²) in [5.41, 5.74) is 0. The van der Waals surface area contributed by atoms with Crippen molar-refractivity contribution in [3.05, 3.63) is 48.6 Å². The molecule has 0 rings (SSSR count). The van der Waals surface area contributed by atoms with Crippen LogP contribution < -0.4 is 0 Å². The Morgan fingerprint density at radius 3 is 1.78 bits per heavy atom. The normalized spacial score (nSPS) is 14.9. The van der Waals surface area contributed by atoms with E-state index in [1.165, 1.54) is 44.9 Å². The number of esters is 2. The standard InChI is InChI=1S/C38H66O7/c1-4-6-18-25-34(40)26-20-15-11-9-12-16-21-27-35(41)28-23-30-37(42)44-32-36(31-39)45-38(43)29-22-17-13-8-7-10-14-19-24-33(3)5-2/h11-12,15-16,20-21,26-27,33-36,39-41H,4-10,13-14,17-19,22-25,28-32H2,1-3H3/b15-11-,16-12-,26-20+,27-21+/t33?,34-,35-,36-/m0/s1. The molecule has 0 spiro atoms. The summed E-state index contributed by atoms with van der Waals surface area (Å²) in [5.74, 6) is 0.0130. The highest BCUT2D eigenvalue weighted by Gasteiger charge is 2.16. The van der Waals surface area contributed by atoms with Gasteiger partial charge in [0.1, 0.15) is 6.61 Å². The van der Waals surface area contributed by atoms with Gasteiger partial charge in [-0.05, 0) is 38.0 Å². The number of hydrogen-bond donors (Lipinski definition) is 3. The molecule has 0 fully saturated rings. The van der Waals surface area contributed by atoms with Crippen molar-refractivity contribution in [1.29, 1.82) is 0 Å². The van der Waals surface area contributed by atoms with Crippen LogP contribution in [0.25, 0.3) is 0 Å². The lowest BCUT2D eigenvalue weighted by Gasteiger charge is -2.16. The highest BCUT2D eigenvalue weighted by atomic mass is 16.6. The Morgan fingerprint density at radius 1 is 0.667 bits per heavy atom. The molecule has 45 heavy (non-hydrogen) atoms. The molecule has 0 aromatic heterocycles. The van der Waals surface area contributed by atoms with Crippen molar-refractivity contribution in [1.82, 2.24) is 0 Å². The van der Waals surface area contributed by atoms with Crippen molar-refractivity contribution < 1.29 is 34.4 Å². The number of hydrogen-bond acceptors (Lipinski definition) is 7. The number of aliphatic hydroxyl groups is 3. The molecule has 0 aliphatic rings. The Labute approximate surface area is 274 Å². The largest absolute Gasteiger partial charge is 0.462 e. The number of unbranched alkanes of at least 4 members (excludes halogenated alkanes) is 9. The summed E-state index contributed by atoms with van der Waals surface area (Å²) in [6.45, 7) is 6.15. The van der Waals surface area contributed by atoms with Crippen LogP contribution in [0.2, 0.25) is 0 Å².